The van der Waals surface area contributed by atoms with Crippen molar-refractivity contribution < 1.29 is 18.1 Å². The van der Waals surface area contributed by atoms with Crippen LogP contribution in [0.5, 0.6) is 0 Å². The van der Waals surface area contributed by atoms with Gasteiger partial charge in [-0.05, 0) is 26.7 Å². The third kappa shape index (κ3) is 4.64. The van der Waals surface area contributed by atoms with Crippen LogP contribution in [0.1, 0.15) is 46.0 Å². The quantitative estimate of drug-likeness (QED) is 0.685. The van der Waals surface area contributed by atoms with Crippen LogP contribution in [0.2, 0.25) is 0 Å². The van der Waals surface area contributed by atoms with Crippen molar-refractivity contribution in [3.63, 3.8) is 0 Å². The molecule has 0 aromatic rings. The van der Waals surface area contributed by atoms with Gasteiger partial charge in [0, 0.05) is 7.11 Å². The van der Waals surface area contributed by atoms with Crippen LogP contribution in [-0.4, -0.2) is 19.3 Å². The molecule has 0 amide bonds. The Labute approximate surface area is 91.9 Å². The lowest BCUT2D eigenvalue weighted by atomic mass is 9.98. The number of rotatable bonds is 5. The summed E-state index contributed by atoms with van der Waals surface area (Å²) in [5.41, 5.74) is 0. The fourth-order valence-corrected chi connectivity index (χ4v) is 3.04. The second kappa shape index (κ2) is 6.00. The third-order valence-electron chi connectivity index (χ3n) is 2.39. The molecule has 0 aliphatic heterocycles. The molecule has 90 valence electrons. The van der Waals surface area contributed by atoms with Crippen LogP contribution in [-0.2, 0) is 18.1 Å². The summed E-state index contributed by atoms with van der Waals surface area (Å²) in [5.74, 6) is 0. The van der Waals surface area contributed by atoms with Crippen LogP contribution in [0, 0.1) is 0 Å². The van der Waals surface area contributed by atoms with Crippen molar-refractivity contribution in [3.05, 3.63) is 0 Å². The van der Waals surface area contributed by atoms with Crippen molar-refractivity contribution in [1.29, 1.82) is 0 Å². The maximum atomic E-state index is 12.0. The Kier molecular flexibility index (Phi) is 5.27. The standard InChI is InChI=1S/C10H21O4P/c1-9(2)13-15(11,12-3)14-10-7-5-4-6-8-10/h9-10H,4-8H2,1-3H3. The second-order valence-corrected chi connectivity index (χ2v) is 5.83. The molecular formula is C10H21O4P. The Balaban J connectivity index is 2.47. The normalized spacial score (nSPS) is 22.9. The first kappa shape index (κ1) is 13.2. The molecule has 5 heteroatoms. The number of phosphoric acid groups is 1. The molecule has 0 spiro atoms. The lowest BCUT2D eigenvalue weighted by Crippen LogP contribution is -2.17. The minimum atomic E-state index is -3.32. The van der Waals surface area contributed by atoms with Gasteiger partial charge in [-0.1, -0.05) is 19.3 Å². The van der Waals surface area contributed by atoms with Gasteiger partial charge in [0.25, 0.3) is 0 Å². The van der Waals surface area contributed by atoms with Crippen LogP contribution in [0.15, 0.2) is 0 Å². The molecule has 15 heavy (non-hydrogen) atoms. The van der Waals surface area contributed by atoms with E-state index in [1.165, 1.54) is 13.5 Å². The van der Waals surface area contributed by atoms with E-state index in [4.69, 9.17) is 13.6 Å². The van der Waals surface area contributed by atoms with E-state index in [9.17, 15) is 4.57 Å². The summed E-state index contributed by atoms with van der Waals surface area (Å²) in [5, 5.41) is 0. The molecule has 1 unspecified atom stereocenters. The number of hydrogen-bond acceptors (Lipinski definition) is 4. The Bertz CT molecular complexity index is 223. The molecular weight excluding hydrogens is 215 g/mol. The molecule has 0 N–H and O–H groups in total. The van der Waals surface area contributed by atoms with Crippen molar-refractivity contribution in [2.45, 2.75) is 58.2 Å². The molecule has 1 fully saturated rings. The van der Waals surface area contributed by atoms with E-state index in [1.807, 2.05) is 13.8 Å². The van der Waals surface area contributed by atoms with Crippen molar-refractivity contribution in [2.75, 3.05) is 7.11 Å². The Morgan fingerprint density at radius 3 is 2.27 bits per heavy atom. The highest BCUT2D eigenvalue weighted by Crippen LogP contribution is 2.52. The monoisotopic (exact) mass is 236 g/mol. The van der Waals surface area contributed by atoms with Gasteiger partial charge in [0.15, 0.2) is 0 Å². The molecule has 0 heterocycles. The largest absolute Gasteiger partial charge is 0.475 e. The van der Waals surface area contributed by atoms with Gasteiger partial charge in [-0.3, -0.25) is 13.6 Å². The van der Waals surface area contributed by atoms with Crippen LogP contribution in [0.3, 0.4) is 0 Å². The topological polar surface area (TPSA) is 44.8 Å². The maximum Gasteiger partial charge on any atom is 0.475 e. The van der Waals surface area contributed by atoms with Crippen LogP contribution >= 0.6 is 7.82 Å². The highest BCUT2D eigenvalue weighted by molar-refractivity contribution is 7.48. The van der Waals surface area contributed by atoms with Gasteiger partial charge < -0.3 is 0 Å². The first-order chi connectivity index (χ1) is 7.06. The first-order valence-electron chi connectivity index (χ1n) is 5.58. The number of hydrogen-bond donors (Lipinski definition) is 0. The summed E-state index contributed by atoms with van der Waals surface area (Å²) < 4.78 is 27.5. The molecule has 0 aromatic heterocycles. The van der Waals surface area contributed by atoms with Crippen LogP contribution in [0.25, 0.3) is 0 Å². The zero-order valence-electron chi connectivity index (χ0n) is 9.77. The minimum Gasteiger partial charge on any atom is -0.290 e. The summed E-state index contributed by atoms with van der Waals surface area (Å²) in [6.07, 6.45) is 5.29. The predicted molar refractivity (Wildman–Crippen MR) is 58.8 cm³/mol. The van der Waals surface area contributed by atoms with Gasteiger partial charge in [0.05, 0.1) is 12.2 Å². The van der Waals surface area contributed by atoms with Crippen molar-refractivity contribution in [3.8, 4) is 0 Å². The lowest BCUT2D eigenvalue weighted by molar-refractivity contribution is 0.0579. The Hall–Kier alpha value is 0.110. The van der Waals surface area contributed by atoms with E-state index in [0.717, 1.165) is 25.7 Å². The van der Waals surface area contributed by atoms with E-state index >= 15 is 0 Å². The zero-order chi connectivity index (χ0) is 11.3. The summed E-state index contributed by atoms with van der Waals surface area (Å²) in [4.78, 5) is 0. The number of phosphoric ester groups is 1. The zero-order valence-corrected chi connectivity index (χ0v) is 10.7. The summed E-state index contributed by atoms with van der Waals surface area (Å²) >= 11 is 0. The molecule has 0 saturated heterocycles. The van der Waals surface area contributed by atoms with Gasteiger partial charge >= 0.3 is 7.82 Å². The maximum absolute atomic E-state index is 12.0. The van der Waals surface area contributed by atoms with Crippen LogP contribution in [0.4, 0.5) is 0 Å². The molecule has 1 aliphatic rings. The average Bonchev–Trinajstić information content (AvgIpc) is 2.18. The molecule has 0 radical (unpaired) electrons. The van der Waals surface area contributed by atoms with Gasteiger partial charge in [-0.15, -0.1) is 0 Å². The molecule has 1 aliphatic carbocycles. The molecule has 0 bridgehead atoms. The van der Waals surface area contributed by atoms with Crippen LogP contribution < -0.4 is 0 Å². The van der Waals surface area contributed by atoms with Crippen molar-refractivity contribution in [1.82, 2.24) is 0 Å². The third-order valence-corrected chi connectivity index (χ3v) is 4.08. The highest BCUT2D eigenvalue weighted by Gasteiger charge is 2.31. The SMILES string of the molecule is COP(=O)(OC(C)C)OC1CCCCC1. The summed E-state index contributed by atoms with van der Waals surface area (Å²) in [6, 6.07) is 0. The van der Waals surface area contributed by atoms with Gasteiger partial charge in [-0.2, -0.15) is 0 Å². The van der Waals surface area contributed by atoms with Crippen molar-refractivity contribution >= 4 is 7.82 Å². The first-order valence-corrected chi connectivity index (χ1v) is 7.04. The van der Waals surface area contributed by atoms with E-state index in [1.54, 1.807) is 0 Å². The molecule has 1 atom stereocenters. The predicted octanol–water partition coefficient (Wildman–Crippen LogP) is 3.52. The fourth-order valence-electron chi connectivity index (χ4n) is 1.72. The molecule has 1 saturated carbocycles. The molecule has 4 nitrogen and oxygen atoms in total. The summed E-state index contributed by atoms with van der Waals surface area (Å²) in [7, 11) is -1.96. The fraction of sp³-hybridized carbons (Fsp3) is 1.00. The molecule has 0 aromatic carbocycles. The Morgan fingerprint density at radius 1 is 1.20 bits per heavy atom. The van der Waals surface area contributed by atoms with E-state index in [2.05, 4.69) is 0 Å². The van der Waals surface area contributed by atoms with Gasteiger partial charge in [0.1, 0.15) is 0 Å². The van der Waals surface area contributed by atoms with Gasteiger partial charge in [-0.25, -0.2) is 4.57 Å². The highest BCUT2D eigenvalue weighted by atomic mass is 31.2. The van der Waals surface area contributed by atoms with E-state index < -0.39 is 7.82 Å². The second-order valence-electron chi connectivity index (χ2n) is 4.15. The average molecular weight is 236 g/mol. The lowest BCUT2D eigenvalue weighted by Gasteiger charge is -2.26. The molecule has 1 rings (SSSR count). The van der Waals surface area contributed by atoms with E-state index in [0.29, 0.717) is 0 Å². The smallest absolute Gasteiger partial charge is 0.290 e. The Morgan fingerprint density at radius 2 is 1.80 bits per heavy atom. The minimum absolute atomic E-state index is 0.0308. The van der Waals surface area contributed by atoms with Crippen molar-refractivity contribution in [2.24, 2.45) is 0 Å². The van der Waals surface area contributed by atoms with E-state index in [-0.39, 0.29) is 12.2 Å². The van der Waals surface area contributed by atoms with Gasteiger partial charge in [0.2, 0.25) is 0 Å². The summed E-state index contributed by atoms with van der Waals surface area (Å²) in [6.45, 7) is 3.63.